The van der Waals surface area contributed by atoms with Gasteiger partial charge in [0.1, 0.15) is 0 Å². The van der Waals surface area contributed by atoms with Crippen LogP contribution >= 0.6 is 11.8 Å². The molecule has 0 amide bonds. The molecule has 0 saturated carbocycles. The van der Waals surface area contributed by atoms with Crippen LogP contribution in [-0.2, 0) is 4.74 Å². The monoisotopic (exact) mass is 177 g/mol. The highest BCUT2D eigenvalue weighted by molar-refractivity contribution is 8.13. The number of hydrogen-bond acceptors (Lipinski definition) is 4. The molecule has 0 aliphatic carbocycles. The smallest absolute Gasteiger partial charge is 0.367 e. The predicted octanol–water partition coefficient (Wildman–Crippen LogP) is 1.47. The van der Waals surface area contributed by atoms with Crippen molar-refractivity contribution in [1.29, 1.82) is 0 Å². The van der Waals surface area contributed by atoms with Crippen LogP contribution in [0.25, 0.3) is 0 Å². The quantitative estimate of drug-likeness (QED) is 0.661. The van der Waals surface area contributed by atoms with Crippen molar-refractivity contribution in [3.05, 3.63) is 0 Å². The molecule has 0 atom stereocenters. The number of hydrogen-bond donors (Lipinski definition) is 1. The van der Waals surface area contributed by atoms with Crippen LogP contribution in [0.3, 0.4) is 0 Å². The largest absolute Gasteiger partial charge is 0.457 e. The second-order valence-corrected chi connectivity index (χ2v) is 3.62. The molecule has 0 spiro atoms. The van der Waals surface area contributed by atoms with Crippen LogP contribution in [-0.4, -0.2) is 24.2 Å². The van der Waals surface area contributed by atoms with Crippen LogP contribution in [0.2, 0.25) is 0 Å². The molecular weight excluding hydrogens is 162 g/mol. The van der Waals surface area contributed by atoms with Gasteiger partial charge in [0, 0.05) is 12.3 Å². The summed E-state index contributed by atoms with van der Waals surface area (Å²) in [5.74, 6) is 1.04. The van der Waals surface area contributed by atoms with E-state index < -0.39 is 0 Å². The van der Waals surface area contributed by atoms with Gasteiger partial charge in [-0.15, -0.1) is 0 Å². The van der Waals surface area contributed by atoms with E-state index in [9.17, 15) is 4.79 Å². The summed E-state index contributed by atoms with van der Waals surface area (Å²) >= 11 is 1.13. The maximum absolute atomic E-state index is 10.8. The maximum Gasteiger partial charge on any atom is 0.367 e. The van der Waals surface area contributed by atoms with Gasteiger partial charge in [0.25, 0.3) is 0 Å². The molecule has 11 heavy (non-hydrogen) atoms. The summed E-state index contributed by atoms with van der Waals surface area (Å²) in [4.78, 5) is 10.8. The van der Waals surface area contributed by atoms with Crippen molar-refractivity contribution < 1.29 is 9.53 Å². The summed E-state index contributed by atoms with van der Waals surface area (Å²) in [5, 5.41) is -0.218. The van der Waals surface area contributed by atoms with E-state index >= 15 is 0 Å². The van der Waals surface area contributed by atoms with E-state index in [1.807, 2.05) is 13.8 Å². The van der Waals surface area contributed by atoms with E-state index in [1.165, 1.54) is 0 Å². The van der Waals surface area contributed by atoms with Crippen molar-refractivity contribution in [2.45, 2.75) is 13.8 Å². The maximum atomic E-state index is 10.8. The van der Waals surface area contributed by atoms with Gasteiger partial charge in [-0.05, 0) is 17.7 Å². The first kappa shape index (κ1) is 10.8. The van der Waals surface area contributed by atoms with Gasteiger partial charge in [-0.1, -0.05) is 13.8 Å². The van der Waals surface area contributed by atoms with Crippen LogP contribution in [0.5, 0.6) is 0 Å². The van der Waals surface area contributed by atoms with E-state index in [1.54, 1.807) is 0 Å². The molecule has 0 heterocycles. The van der Waals surface area contributed by atoms with Crippen molar-refractivity contribution in [1.82, 2.24) is 0 Å². The summed E-state index contributed by atoms with van der Waals surface area (Å²) < 4.78 is 4.87. The minimum atomic E-state index is -0.218. The molecule has 3 nitrogen and oxygen atoms in total. The molecule has 66 valence electrons. The number of nitrogens with two attached hydrogens (primary N) is 1. The van der Waals surface area contributed by atoms with Crippen LogP contribution < -0.4 is 5.73 Å². The highest BCUT2D eigenvalue weighted by Crippen LogP contribution is 2.05. The van der Waals surface area contributed by atoms with E-state index in [0.29, 0.717) is 24.8 Å². The minimum absolute atomic E-state index is 0.218. The Morgan fingerprint density at radius 2 is 2.27 bits per heavy atom. The van der Waals surface area contributed by atoms with Crippen molar-refractivity contribution >= 4 is 17.1 Å². The van der Waals surface area contributed by atoms with Crippen LogP contribution in [0.1, 0.15) is 13.8 Å². The molecule has 0 aromatic heterocycles. The van der Waals surface area contributed by atoms with Gasteiger partial charge in [-0.25, -0.2) is 4.79 Å². The molecular formula is C7H15NO2S. The number of thioether (sulfide) groups is 1. The molecule has 0 fully saturated rings. The lowest BCUT2D eigenvalue weighted by atomic mass is 10.2. The zero-order valence-corrected chi connectivity index (χ0v) is 7.82. The SMILES string of the molecule is CC(C)COC(=O)SCCN. The average molecular weight is 177 g/mol. The lowest BCUT2D eigenvalue weighted by Crippen LogP contribution is -2.08. The van der Waals surface area contributed by atoms with Crippen molar-refractivity contribution in [3.63, 3.8) is 0 Å². The van der Waals surface area contributed by atoms with Crippen molar-refractivity contribution in [2.75, 3.05) is 18.9 Å². The number of ether oxygens (including phenoxy) is 1. The van der Waals surface area contributed by atoms with E-state index in [-0.39, 0.29) is 5.30 Å². The molecule has 0 radical (unpaired) electrons. The molecule has 0 saturated heterocycles. The summed E-state index contributed by atoms with van der Waals surface area (Å²) in [6.07, 6.45) is 0. The first-order valence-electron chi connectivity index (χ1n) is 3.66. The molecule has 0 aliphatic heterocycles. The van der Waals surface area contributed by atoms with Crippen molar-refractivity contribution in [3.8, 4) is 0 Å². The third kappa shape index (κ3) is 7.68. The second-order valence-electron chi connectivity index (χ2n) is 2.59. The van der Waals surface area contributed by atoms with Gasteiger partial charge in [0.2, 0.25) is 0 Å². The lowest BCUT2D eigenvalue weighted by molar-refractivity contribution is 0.160. The Hall–Kier alpha value is -0.220. The predicted molar refractivity (Wildman–Crippen MR) is 47.7 cm³/mol. The average Bonchev–Trinajstić information content (AvgIpc) is 1.97. The molecule has 2 N–H and O–H groups in total. The first-order chi connectivity index (χ1) is 5.16. The molecule has 4 heteroatoms. The van der Waals surface area contributed by atoms with Crippen LogP contribution in [0.4, 0.5) is 4.79 Å². The lowest BCUT2D eigenvalue weighted by Gasteiger charge is -2.05. The van der Waals surface area contributed by atoms with Crippen LogP contribution in [0, 0.1) is 5.92 Å². The van der Waals surface area contributed by atoms with Crippen molar-refractivity contribution in [2.24, 2.45) is 11.7 Å². The summed E-state index contributed by atoms with van der Waals surface area (Å²) in [7, 11) is 0. The van der Waals surface area contributed by atoms with E-state index in [4.69, 9.17) is 10.5 Å². The normalized spacial score (nSPS) is 10.2. The highest BCUT2D eigenvalue weighted by Gasteiger charge is 2.03. The van der Waals surface area contributed by atoms with Gasteiger partial charge in [-0.3, -0.25) is 0 Å². The Morgan fingerprint density at radius 1 is 1.64 bits per heavy atom. The Morgan fingerprint density at radius 3 is 2.73 bits per heavy atom. The Balaban J connectivity index is 3.23. The zero-order valence-electron chi connectivity index (χ0n) is 7.00. The molecule has 0 unspecified atom stereocenters. The highest BCUT2D eigenvalue weighted by atomic mass is 32.2. The molecule has 0 aromatic carbocycles. The summed E-state index contributed by atoms with van der Waals surface area (Å²) in [5.41, 5.74) is 5.20. The minimum Gasteiger partial charge on any atom is -0.457 e. The number of carbonyl (C=O) groups excluding carboxylic acids is 1. The molecule has 0 aliphatic rings. The van der Waals surface area contributed by atoms with Gasteiger partial charge >= 0.3 is 5.30 Å². The second kappa shape index (κ2) is 6.49. The standard InChI is InChI=1S/C7H15NO2S/c1-6(2)5-10-7(9)11-4-3-8/h6H,3-5,8H2,1-2H3. The van der Waals surface area contributed by atoms with Gasteiger partial charge in [-0.2, -0.15) is 0 Å². The van der Waals surface area contributed by atoms with Gasteiger partial charge in [0.05, 0.1) is 6.61 Å². The zero-order chi connectivity index (χ0) is 8.69. The summed E-state index contributed by atoms with van der Waals surface area (Å²) in [6, 6.07) is 0. The van der Waals surface area contributed by atoms with E-state index in [2.05, 4.69) is 0 Å². The van der Waals surface area contributed by atoms with E-state index in [0.717, 1.165) is 11.8 Å². The number of rotatable bonds is 4. The molecule has 0 aromatic rings. The Labute approximate surface area is 71.7 Å². The number of carbonyl (C=O) groups is 1. The van der Waals surface area contributed by atoms with Crippen LogP contribution in [0.15, 0.2) is 0 Å². The van der Waals surface area contributed by atoms with Gasteiger partial charge < -0.3 is 10.5 Å². The first-order valence-corrected chi connectivity index (χ1v) is 4.65. The topological polar surface area (TPSA) is 52.3 Å². The fourth-order valence-electron chi connectivity index (χ4n) is 0.419. The molecule has 0 bridgehead atoms. The summed E-state index contributed by atoms with van der Waals surface area (Å²) in [6.45, 7) is 5.01. The Bertz CT molecular complexity index is 117. The fraction of sp³-hybridized carbons (Fsp3) is 0.857. The Kier molecular flexibility index (Phi) is 6.36. The molecule has 0 rings (SSSR count). The van der Waals surface area contributed by atoms with Gasteiger partial charge in [0.15, 0.2) is 0 Å². The third-order valence-electron chi connectivity index (χ3n) is 0.872. The third-order valence-corrected chi connectivity index (χ3v) is 1.67. The fourth-order valence-corrected chi connectivity index (χ4v) is 0.855.